The topological polar surface area (TPSA) is 84.6 Å². The maximum absolute atomic E-state index is 12.9. The summed E-state index contributed by atoms with van der Waals surface area (Å²) in [7, 11) is 0. The minimum Gasteiger partial charge on any atom is -0.457 e. The fraction of sp³-hybridized carbons (Fsp3) is 0.200. The Morgan fingerprint density at radius 2 is 1.58 bits per heavy atom. The predicted octanol–water partition coefficient (Wildman–Crippen LogP) is 4.91. The van der Waals surface area contributed by atoms with Crippen molar-refractivity contribution in [3.05, 3.63) is 84.4 Å². The molecule has 184 valence electrons. The van der Waals surface area contributed by atoms with Gasteiger partial charge in [-0.1, -0.05) is 23.4 Å². The van der Waals surface area contributed by atoms with Gasteiger partial charge in [0.2, 0.25) is 5.82 Å². The number of hydrogen-bond acceptors (Lipinski definition) is 7. The number of alkyl halides is 3. The Morgan fingerprint density at radius 3 is 2.19 bits per heavy atom. The molecule has 2 aromatic carbocycles. The highest BCUT2D eigenvalue weighted by atomic mass is 19.4. The number of rotatable bonds is 5. The molecule has 1 saturated heterocycles. The Morgan fingerprint density at radius 1 is 0.889 bits per heavy atom. The van der Waals surface area contributed by atoms with Crippen LogP contribution in [0.15, 0.2) is 77.4 Å². The number of aromatic nitrogens is 3. The fourth-order valence-electron chi connectivity index (χ4n) is 3.77. The van der Waals surface area contributed by atoms with E-state index in [0.29, 0.717) is 48.9 Å². The molecule has 0 spiro atoms. The molecule has 0 saturated carbocycles. The molecule has 2 aromatic heterocycles. The van der Waals surface area contributed by atoms with Crippen molar-refractivity contribution in [3.63, 3.8) is 0 Å². The van der Waals surface area contributed by atoms with Crippen LogP contribution in [0.25, 0.3) is 11.4 Å². The Bertz CT molecular complexity index is 1320. The number of carbonyl (C=O) groups is 1. The molecular formula is C25H20F3N5O3. The van der Waals surface area contributed by atoms with Gasteiger partial charge in [0.15, 0.2) is 0 Å². The third kappa shape index (κ3) is 5.14. The van der Waals surface area contributed by atoms with Gasteiger partial charge in [0.25, 0.3) is 5.91 Å². The zero-order chi connectivity index (χ0) is 25.1. The first-order valence-electron chi connectivity index (χ1n) is 11.1. The summed E-state index contributed by atoms with van der Waals surface area (Å²) >= 11 is 0. The van der Waals surface area contributed by atoms with Crippen LogP contribution in [0.5, 0.6) is 11.5 Å². The molecule has 4 aromatic rings. The second kappa shape index (κ2) is 9.68. The molecule has 0 unspecified atom stereocenters. The lowest BCUT2D eigenvalue weighted by molar-refractivity contribution is -0.159. The Kier molecular flexibility index (Phi) is 6.28. The molecule has 5 rings (SSSR count). The third-order valence-electron chi connectivity index (χ3n) is 5.65. The van der Waals surface area contributed by atoms with E-state index in [1.807, 2.05) is 35.2 Å². The third-order valence-corrected chi connectivity index (χ3v) is 5.65. The van der Waals surface area contributed by atoms with Crippen molar-refractivity contribution in [2.75, 3.05) is 31.1 Å². The van der Waals surface area contributed by atoms with Crippen LogP contribution < -0.4 is 9.64 Å². The second-order valence-electron chi connectivity index (χ2n) is 8.04. The zero-order valence-corrected chi connectivity index (χ0v) is 18.9. The molecular weight excluding hydrogens is 475 g/mol. The van der Waals surface area contributed by atoms with Crippen molar-refractivity contribution in [1.29, 1.82) is 0 Å². The standard InChI is InChI=1S/C25H20F3N5O3/c26-25(27,28)24-30-22(31-36-24)18-8-11-21(29-16-18)32-12-14-33(15-13-32)23(34)17-6-9-20(10-7-17)35-19-4-2-1-3-5-19/h1-11,16H,12-15H2. The first-order valence-corrected chi connectivity index (χ1v) is 11.1. The van der Waals surface area contributed by atoms with Crippen LogP contribution in [0.3, 0.4) is 0 Å². The van der Waals surface area contributed by atoms with E-state index in [2.05, 4.69) is 19.6 Å². The summed E-state index contributed by atoms with van der Waals surface area (Å²) in [6.07, 6.45) is -3.30. The Balaban J connectivity index is 1.17. The normalized spacial score (nSPS) is 14.1. The maximum atomic E-state index is 12.9. The molecule has 36 heavy (non-hydrogen) atoms. The molecule has 1 aliphatic heterocycles. The number of halogens is 3. The summed E-state index contributed by atoms with van der Waals surface area (Å²) in [6.45, 7) is 2.13. The van der Waals surface area contributed by atoms with Crippen LogP contribution in [0.2, 0.25) is 0 Å². The summed E-state index contributed by atoms with van der Waals surface area (Å²) in [6, 6.07) is 19.7. The number of anilines is 1. The largest absolute Gasteiger partial charge is 0.471 e. The van der Waals surface area contributed by atoms with Crippen LogP contribution in [-0.2, 0) is 6.18 Å². The summed E-state index contributed by atoms with van der Waals surface area (Å²) in [4.78, 5) is 24.4. The first-order chi connectivity index (χ1) is 17.4. The Hall–Kier alpha value is -4.41. The van der Waals surface area contributed by atoms with Gasteiger partial charge in [0.1, 0.15) is 17.3 Å². The highest BCUT2D eigenvalue weighted by molar-refractivity contribution is 5.94. The molecule has 1 amide bonds. The van der Waals surface area contributed by atoms with Crippen LogP contribution in [0.1, 0.15) is 16.2 Å². The summed E-state index contributed by atoms with van der Waals surface area (Å²) in [5, 5.41) is 3.37. The number of para-hydroxylation sites is 1. The average Bonchev–Trinajstić information content (AvgIpc) is 3.41. The molecule has 11 heteroatoms. The molecule has 3 heterocycles. The van der Waals surface area contributed by atoms with Gasteiger partial charge in [0.05, 0.1) is 0 Å². The number of pyridine rings is 1. The summed E-state index contributed by atoms with van der Waals surface area (Å²) < 4.78 is 48.0. The van der Waals surface area contributed by atoms with Gasteiger partial charge < -0.3 is 19.1 Å². The summed E-state index contributed by atoms with van der Waals surface area (Å²) in [5.74, 6) is 0.359. The van der Waals surface area contributed by atoms with Crippen molar-refractivity contribution in [1.82, 2.24) is 20.0 Å². The van der Waals surface area contributed by atoms with Crippen molar-refractivity contribution < 1.29 is 27.2 Å². The molecule has 0 aliphatic carbocycles. The van der Waals surface area contributed by atoms with E-state index in [1.165, 1.54) is 6.20 Å². The lowest BCUT2D eigenvalue weighted by Gasteiger charge is -2.35. The van der Waals surface area contributed by atoms with Crippen LogP contribution >= 0.6 is 0 Å². The zero-order valence-electron chi connectivity index (χ0n) is 18.9. The lowest BCUT2D eigenvalue weighted by atomic mass is 10.1. The van der Waals surface area contributed by atoms with E-state index >= 15 is 0 Å². The fourth-order valence-corrected chi connectivity index (χ4v) is 3.77. The highest BCUT2D eigenvalue weighted by Crippen LogP contribution is 2.29. The van der Waals surface area contributed by atoms with Crippen LogP contribution in [0.4, 0.5) is 19.0 Å². The van der Waals surface area contributed by atoms with Crippen molar-refractivity contribution in [2.24, 2.45) is 0 Å². The van der Waals surface area contributed by atoms with Crippen LogP contribution in [0, 0.1) is 0 Å². The highest BCUT2D eigenvalue weighted by Gasteiger charge is 2.38. The number of carbonyl (C=O) groups excluding carboxylic acids is 1. The van der Waals surface area contributed by atoms with Gasteiger partial charge >= 0.3 is 12.1 Å². The van der Waals surface area contributed by atoms with Gasteiger partial charge in [-0.25, -0.2) is 4.98 Å². The first kappa shape index (κ1) is 23.3. The molecule has 8 nitrogen and oxygen atoms in total. The van der Waals surface area contributed by atoms with Crippen molar-refractivity contribution >= 4 is 11.7 Å². The van der Waals surface area contributed by atoms with E-state index in [0.717, 1.165) is 5.75 Å². The van der Waals surface area contributed by atoms with Gasteiger partial charge in [-0.15, -0.1) is 0 Å². The number of nitrogens with zero attached hydrogens (tertiary/aromatic N) is 5. The monoisotopic (exact) mass is 495 g/mol. The van der Waals surface area contributed by atoms with Gasteiger partial charge in [-0.05, 0) is 48.5 Å². The maximum Gasteiger partial charge on any atom is 0.471 e. The number of amides is 1. The van der Waals surface area contributed by atoms with Gasteiger partial charge in [-0.3, -0.25) is 4.79 Å². The number of piperazine rings is 1. The van der Waals surface area contributed by atoms with E-state index in [1.54, 1.807) is 41.3 Å². The number of hydrogen-bond donors (Lipinski definition) is 0. The minimum absolute atomic E-state index is 0.0678. The average molecular weight is 495 g/mol. The Labute approximate surface area is 203 Å². The van der Waals surface area contributed by atoms with Crippen LogP contribution in [-0.4, -0.2) is 52.1 Å². The lowest BCUT2D eigenvalue weighted by Crippen LogP contribution is -2.49. The van der Waals surface area contributed by atoms with Gasteiger partial charge in [0, 0.05) is 43.5 Å². The smallest absolute Gasteiger partial charge is 0.457 e. The van der Waals surface area contributed by atoms with E-state index in [4.69, 9.17) is 4.74 Å². The molecule has 0 atom stereocenters. The van der Waals surface area contributed by atoms with E-state index in [9.17, 15) is 18.0 Å². The van der Waals surface area contributed by atoms with E-state index in [-0.39, 0.29) is 11.7 Å². The van der Waals surface area contributed by atoms with Gasteiger partial charge in [-0.2, -0.15) is 18.2 Å². The van der Waals surface area contributed by atoms with Crippen molar-refractivity contribution in [3.8, 4) is 22.9 Å². The SMILES string of the molecule is O=C(c1ccc(Oc2ccccc2)cc1)N1CCN(c2ccc(-c3noc(C(F)(F)F)n3)cn2)CC1. The van der Waals surface area contributed by atoms with Crippen molar-refractivity contribution in [2.45, 2.75) is 6.18 Å². The molecule has 0 N–H and O–H groups in total. The molecule has 1 aliphatic rings. The quantitative estimate of drug-likeness (QED) is 0.389. The number of benzene rings is 2. The summed E-state index contributed by atoms with van der Waals surface area (Å²) in [5.41, 5.74) is 0.885. The van der Waals surface area contributed by atoms with E-state index < -0.39 is 12.1 Å². The number of ether oxygens (including phenoxy) is 1. The molecule has 0 bridgehead atoms. The minimum atomic E-state index is -4.70. The second-order valence-corrected chi connectivity index (χ2v) is 8.04. The molecule has 1 fully saturated rings. The predicted molar refractivity (Wildman–Crippen MR) is 124 cm³/mol. The molecule has 0 radical (unpaired) electrons.